The number of hydrogen-bond acceptors (Lipinski definition) is 2. The van der Waals surface area contributed by atoms with E-state index < -0.39 is 0 Å². The molecule has 1 heterocycles. The molecule has 1 aromatic heterocycles. The SMILES string of the molecule is CNC(c1cccc(I)c1)c1csc2c(Br)cccc12. The number of hydrogen-bond donors (Lipinski definition) is 1. The molecule has 0 radical (unpaired) electrons. The molecule has 1 unspecified atom stereocenters. The summed E-state index contributed by atoms with van der Waals surface area (Å²) in [5.74, 6) is 0. The molecule has 0 amide bonds. The van der Waals surface area contributed by atoms with E-state index in [1.54, 1.807) is 11.3 Å². The first-order valence-corrected chi connectivity index (χ1v) is 9.04. The zero-order valence-corrected chi connectivity index (χ0v) is 15.4. The molecule has 0 bridgehead atoms. The van der Waals surface area contributed by atoms with Crippen molar-refractivity contribution in [3.63, 3.8) is 0 Å². The normalized spacial score (nSPS) is 12.8. The van der Waals surface area contributed by atoms with Crippen LogP contribution in [0.2, 0.25) is 0 Å². The molecule has 2 aromatic carbocycles. The summed E-state index contributed by atoms with van der Waals surface area (Å²) in [6.07, 6.45) is 0. The molecule has 3 aromatic rings. The van der Waals surface area contributed by atoms with E-state index in [-0.39, 0.29) is 6.04 Å². The Morgan fingerprint density at radius 3 is 2.75 bits per heavy atom. The number of benzene rings is 2. The topological polar surface area (TPSA) is 12.0 Å². The largest absolute Gasteiger partial charge is 0.309 e. The summed E-state index contributed by atoms with van der Waals surface area (Å²) in [7, 11) is 2.02. The van der Waals surface area contributed by atoms with Crippen LogP contribution in [0.4, 0.5) is 0 Å². The second kappa shape index (κ2) is 6.13. The highest BCUT2D eigenvalue weighted by Gasteiger charge is 2.17. The average molecular weight is 458 g/mol. The zero-order valence-electron chi connectivity index (χ0n) is 10.9. The smallest absolute Gasteiger partial charge is 0.0589 e. The Hall–Kier alpha value is -0.430. The lowest BCUT2D eigenvalue weighted by atomic mass is 9.98. The second-order valence-corrected chi connectivity index (χ2v) is 7.56. The number of rotatable bonds is 3. The Morgan fingerprint density at radius 1 is 1.20 bits per heavy atom. The van der Waals surface area contributed by atoms with E-state index in [4.69, 9.17) is 0 Å². The van der Waals surface area contributed by atoms with E-state index in [1.165, 1.54) is 29.3 Å². The molecule has 1 nitrogen and oxygen atoms in total. The highest BCUT2D eigenvalue weighted by atomic mass is 127. The van der Waals surface area contributed by atoms with Crippen molar-refractivity contribution in [2.75, 3.05) is 7.05 Å². The minimum atomic E-state index is 0.229. The van der Waals surface area contributed by atoms with Crippen LogP contribution in [0.3, 0.4) is 0 Å². The fourth-order valence-electron chi connectivity index (χ4n) is 2.45. The summed E-state index contributed by atoms with van der Waals surface area (Å²) in [4.78, 5) is 0. The summed E-state index contributed by atoms with van der Waals surface area (Å²) < 4.78 is 3.75. The number of nitrogens with one attached hydrogen (secondary N) is 1. The van der Waals surface area contributed by atoms with Gasteiger partial charge in [-0.25, -0.2) is 0 Å². The summed E-state index contributed by atoms with van der Waals surface area (Å²) in [5.41, 5.74) is 2.65. The molecule has 0 spiro atoms. The van der Waals surface area contributed by atoms with Crippen LogP contribution < -0.4 is 5.32 Å². The van der Waals surface area contributed by atoms with Gasteiger partial charge in [0.1, 0.15) is 0 Å². The van der Waals surface area contributed by atoms with Crippen molar-refractivity contribution in [2.45, 2.75) is 6.04 Å². The molecule has 1 N–H and O–H groups in total. The first-order valence-electron chi connectivity index (χ1n) is 6.29. The van der Waals surface area contributed by atoms with E-state index >= 15 is 0 Å². The van der Waals surface area contributed by atoms with E-state index in [1.807, 2.05) is 7.05 Å². The maximum atomic E-state index is 3.64. The van der Waals surface area contributed by atoms with Gasteiger partial charge in [-0.15, -0.1) is 11.3 Å². The van der Waals surface area contributed by atoms with E-state index in [0.717, 1.165) is 0 Å². The van der Waals surface area contributed by atoms with Crippen LogP contribution in [0.1, 0.15) is 17.2 Å². The first-order chi connectivity index (χ1) is 9.70. The minimum Gasteiger partial charge on any atom is -0.309 e. The Morgan fingerprint density at radius 2 is 2.00 bits per heavy atom. The Labute approximate surface area is 144 Å². The fourth-order valence-corrected chi connectivity index (χ4v) is 4.67. The van der Waals surface area contributed by atoms with Gasteiger partial charge in [0.05, 0.1) is 6.04 Å². The van der Waals surface area contributed by atoms with Crippen LogP contribution in [-0.4, -0.2) is 7.05 Å². The van der Waals surface area contributed by atoms with Gasteiger partial charge in [0, 0.05) is 12.7 Å². The van der Waals surface area contributed by atoms with Gasteiger partial charge in [-0.05, 0) is 85.7 Å². The summed E-state index contributed by atoms with van der Waals surface area (Å²) in [6.45, 7) is 0. The van der Waals surface area contributed by atoms with Crippen LogP contribution in [0.5, 0.6) is 0 Å². The van der Waals surface area contributed by atoms with Crippen molar-refractivity contribution < 1.29 is 0 Å². The monoisotopic (exact) mass is 457 g/mol. The minimum absolute atomic E-state index is 0.229. The van der Waals surface area contributed by atoms with Crippen molar-refractivity contribution in [2.24, 2.45) is 0 Å². The molecule has 0 aliphatic heterocycles. The lowest BCUT2D eigenvalue weighted by Gasteiger charge is -2.17. The third kappa shape index (κ3) is 2.66. The standard InChI is InChI=1S/C16H13BrINS/c1-19-15(10-4-2-5-11(18)8-10)13-9-20-16-12(13)6-3-7-14(16)17/h2-9,15,19H,1H3. The summed E-state index contributed by atoms with van der Waals surface area (Å²) in [6, 6.07) is 15.3. The highest BCUT2D eigenvalue weighted by Crippen LogP contribution is 2.37. The van der Waals surface area contributed by atoms with Crippen LogP contribution in [0.25, 0.3) is 10.1 Å². The van der Waals surface area contributed by atoms with Gasteiger partial charge < -0.3 is 5.32 Å². The molecule has 0 aliphatic rings. The van der Waals surface area contributed by atoms with Gasteiger partial charge >= 0.3 is 0 Å². The van der Waals surface area contributed by atoms with E-state index in [0.29, 0.717) is 0 Å². The molecular formula is C16H13BrINS. The van der Waals surface area contributed by atoms with Gasteiger partial charge in [0.2, 0.25) is 0 Å². The van der Waals surface area contributed by atoms with Crippen LogP contribution in [0, 0.1) is 3.57 Å². The molecule has 102 valence electrons. The predicted octanol–water partition coefficient (Wildman–Crippen LogP) is 5.58. The van der Waals surface area contributed by atoms with Gasteiger partial charge in [-0.3, -0.25) is 0 Å². The Bertz CT molecular complexity index is 753. The molecule has 3 rings (SSSR count). The number of fused-ring (bicyclic) bond motifs is 1. The molecule has 0 fully saturated rings. The van der Waals surface area contributed by atoms with E-state index in [9.17, 15) is 0 Å². The lowest BCUT2D eigenvalue weighted by Crippen LogP contribution is -2.17. The molecule has 1 atom stereocenters. The van der Waals surface area contributed by atoms with Crippen molar-refractivity contribution in [1.82, 2.24) is 5.32 Å². The molecule has 0 saturated heterocycles. The van der Waals surface area contributed by atoms with Crippen LogP contribution in [-0.2, 0) is 0 Å². The average Bonchev–Trinajstić information content (AvgIpc) is 2.86. The van der Waals surface area contributed by atoms with E-state index in [2.05, 4.69) is 91.7 Å². The third-order valence-corrected chi connectivity index (χ3v) is 6.01. The third-order valence-electron chi connectivity index (χ3n) is 3.36. The maximum Gasteiger partial charge on any atom is 0.0589 e. The van der Waals surface area contributed by atoms with Crippen molar-refractivity contribution in [3.05, 3.63) is 67.0 Å². The fraction of sp³-hybridized carbons (Fsp3) is 0.125. The molecular weight excluding hydrogens is 445 g/mol. The lowest BCUT2D eigenvalue weighted by molar-refractivity contribution is 0.698. The molecule has 20 heavy (non-hydrogen) atoms. The van der Waals surface area contributed by atoms with Crippen LogP contribution in [0.15, 0.2) is 52.3 Å². The second-order valence-electron chi connectivity index (χ2n) is 4.58. The van der Waals surface area contributed by atoms with Gasteiger partial charge in [0.25, 0.3) is 0 Å². The van der Waals surface area contributed by atoms with Gasteiger partial charge in [-0.2, -0.15) is 0 Å². The predicted molar refractivity (Wildman–Crippen MR) is 99.6 cm³/mol. The molecule has 4 heteroatoms. The number of halogens is 2. The molecule has 0 saturated carbocycles. The molecule has 0 aliphatic carbocycles. The summed E-state index contributed by atoms with van der Waals surface area (Å²) >= 11 is 7.80. The quantitative estimate of drug-likeness (QED) is 0.506. The number of thiophene rings is 1. The highest BCUT2D eigenvalue weighted by molar-refractivity contribution is 14.1. The van der Waals surface area contributed by atoms with Crippen molar-refractivity contribution in [1.29, 1.82) is 0 Å². The Kier molecular flexibility index (Phi) is 4.45. The van der Waals surface area contributed by atoms with Crippen LogP contribution >= 0.6 is 49.9 Å². The first kappa shape index (κ1) is 14.5. The van der Waals surface area contributed by atoms with Gasteiger partial charge in [0.15, 0.2) is 0 Å². The van der Waals surface area contributed by atoms with Gasteiger partial charge in [-0.1, -0.05) is 24.3 Å². The maximum absolute atomic E-state index is 3.64. The summed E-state index contributed by atoms with van der Waals surface area (Å²) in [5, 5.41) is 7.03. The van der Waals surface area contributed by atoms with Crippen molar-refractivity contribution in [3.8, 4) is 0 Å². The van der Waals surface area contributed by atoms with Crippen molar-refractivity contribution >= 4 is 59.9 Å². The Balaban J connectivity index is 2.15. The zero-order chi connectivity index (χ0) is 14.1.